The molecule has 2 heterocycles. The molecule has 0 atom stereocenters. The van der Waals surface area contributed by atoms with E-state index >= 15 is 0 Å². The first-order chi connectivity index (χ1) is 12.5. The van der Waals surface area contributed by atoms with E-state index in [0.29, 0.717) is 11.5 Å². The van der Waals surface area contributed by atoms with Crippen molar-refractivity contribution >= 4 is 29.2 Å². The Morgan fingerprint density at radius 1 is 1.23 bits per heavy atom. The molecule has 26 heavy (non-hydrogen) atoms. The Kier molecular flexibility index (Phi) is 4.06. The summed E-state index contributed by atoms with van der Waals surface area (Å²) in [6, 6.07) is 3.47. The van der Waals surface area contributed by atoms with E-state index in [9.17, 15) is 13.6 Å². The van der Waals surface area contributed by atoms with Gasteiger partial charge in [-0.2, -0.15) is 4.98 Å². The highest BCUT2D eigenvalue weighted by molar-refractivity contribution is 5.98. The molecule has 1 saturated carbocycles. The van der Waals surface area contributed by atoms with E-state index in [2.05, 4.69) is 20.7 Å². The summed E-state index contributed by atoms with van der Waals surface area (Å²) < 4.78 is 27.8. The fourth-order valence-corrected chi connectivity index (χ4v) is 3.34. The summed E-state index contributed by atoms with van der Waals surface area (Å²) in [6.45, 7) is 0. The molecule has 2 amide bonds. The molecule has 0 unspecified atom stereocenters. The van der Waals surface area contributed by atoms with Gasteiger partial charge in [-0.25, -0.2) is 24.0 Å². The number of carbonyl (C=O) groups is 1. The molecule has 0 bridgehead atoms. The fraction of sp³-hybridized carbons (Fsp3) is 0.353. The minimum absolute atomic E-state index is 0.0558. The van der Waals surface area contributed by atoms with Gasteiger partial charge in [0.15, 0.2) is 5.82 Å². The first-order valence-corrected chi connectivity index (χ1v) is 8.46. The number of aromatic nitrogens is 2. The number of para-hydroxylation sites is 1. The van der Waals surface area contributed by atoms with Gasteiger partial charge < -0.3 is 5.32 Å². The lowest BCUT2D eigenvalue weighted by molar-refractivity contribution is 0.243. The molecule has 0 spiro atoms. The summed E-state index contributed by atoms with van der Waals surface area (Å²) in [5, 5.41) is 4.34. The van der Waals surface area contributed by atoms with Crippen LogP contribution in [0.2, 0.25) is 0 Å². The molecule has 136 valence electrons. The van der Waals surface area contributed by atoms with Crippen molar-refractivity contribution in [3.8, 4) is 0 Å². The number of hydrogen-bond donors (Lipinski definition) is 2. The number of nitrogens with one attached hydrogen (secondary N) is 2. The van der Waals surface area contributed by atoms with Gasteiger partial charge in [0.05, 0.1) is 12.2 Å². The third-order valence-electron chi connectivity index (χ3n) is 4.75. The average molecular weight is 360 g/mol. The van der Waals surface area contributed by atoms with Crippen molar-refractivity contribution in [3.63, 3.8) is 0 Å². The molecule has 9 heteroatoms. The molecule has 2 aromatic rings. The lowest BCUT2D eigenvalue weighted by Gasteiger charge is -2.38. The van der Waals surface area contributed by atoms with Crippen LogP contribution in [-0.4, -0.2) is 29.1 Å². The molecule has 1 aromatic carbocycles. The molecule has 2 N–H and O–H groups in total. The van der Waals surface area contributed by atoms with Crippen molar-refractivity contribution < 1.29 is 13.6 Å². The lowest BCUT2D eigenvalue weighted by Crippen LogP contribution is -2.56. The van der Waals surface area contributed by atoms with Crippen LogP contribution in [0, 0.1) is 11.6 Å². The Hall–Kier alpha value is -2.97. The number of rotatable bonds is 3. The second-order valence-electron chi connectivity index (χ2n) is 6.41. The van der Waals surface area contributed by atoms with E-state index in [0.717, 1.165) is 37.8 Å². The van der Waals surface area contributed by atoms with Gasteiger partial charge in [-0.1, -0.05) is 18.9 Å². The van der Waals surface area contributed by atoms with E-state index < -0.39 is 11.6 Å². The molecule has 2 aliphatic rings. The zero-order valence-corrected chi connectivity index (χ0v) is 14.2. The number of anilines is 4. The van der Waals surface area contributed by atoms with E-state index in [1.807, 2.05) is 0 Å². The van der Waals surface area contributed by atoms with Gasteiger partial charge in [0.2, 0.25) is 5.95 Å². The number of carbonyl (C=O) groups excluding carboxylic acids is 1. The topological polar surface area (TPSA) is 73.4 Å². The van der Waals surface area contributed by atoms with Gasteiger partial charge in [-0.05, 0) is 25.0 Å². The maximum atomic E-state index is 13.9. The molecule has 4 rings (SSSR count). The fourth-order valence-electron chi connectivity index (χ4n) is 3.34. The van der Waals surface area contributed by atoms with Crippen molar-refractivity contribution in [3.05, 3.63) is 36.0 Å². The number of amides is 2. The van der Waals surface area contributed by atoms with E-state index in [4.69, 9.17) is 0 Å². The minimum atomic E-state index is -0.732. The second-order valence-corrected chi connectivity index (χ2v) is 6.41. The standard InChI is InChI=1S/C17H18F2N6O/c1-24-13-9-20-16(21-14-11(18)7-4-8-12(14)19)22-15(13)25(23-17(24)26)10-5-2-3-6-10/h4,7-10H,2-3,5-6H2,1H3,(H,23,26)(H,20,21,22). The molecule has 1 aliphatic carbocycles. The van der Waals surface area contributed by atoms with Crippen LogP contribution < -0.4 is 20.7 Å². The molecule has 7 nitrogen and oxygen atoms in total. The van der Waals surface area contributed by atoms with Crippen molar-refractivity contribution in [1.29, 1.82) is 0 Å². The van der Waals surface area contributed by atoms with Crippen LogP contribution in [0.5, 0.6) is 0 Å². The number of hydrogen-bond acceptors (Lipinski definition) is 5. The summed E-state index contributed by atoms with van der Waals surface area (Å²) in [5.41, 5.74) is 3.06. The highest BCUT2D eigenvalue weighted by Crippen LogP contribution is 2.35. The third-order valence-corrected chi connectivity index (χ3v) is 4.75. The van der Waals surface area contributed by atoms with Crippen LogP contribution >= 0.6 is 0 Å². The molecular weight excluding hydrogens is 342 g/mol. The zero-order valence-electron chi connectivity index (χ0n) is 14.2. The van der Waals surface area contributed by atoms with Crippen LogP contribution in [-0.2, 0) is 0 Å². The Balaban J connectivity index is 1.71. The van der Waals surface area contributed by atoms with Gasteiger partial charge in [0.1, 0.15) is 23.0 Å². The number of nitrogens with zero attached hydrogens (tertiary/aromatic N) is 4. The third kappa shape index (κ3) is 2.79. The largest absolute Gasteiger partial charge is 0.340 e. The van der Waals surface area contributed by atoms with Crippen molar-refractivity contribution in [2.45, 2.75) is 31.7 Å². The van der Waals surface area contributed by atoms with E-state index in [1.54, 1.807) is 12.1 Å². The van der Waals surface area contributed by atoms with E-state index in [1.165, 1.54) is 17.2 Å². The van der Waals surface area contributed by atoms with Gasteiger partial charge >= 0.3 is 6.03 Å². The predicted octanol–water partition coefficient (Wildman–Crippen LogP) is 3.32. The summed E-state index contributed by atoms with van der Waals surface area (Å²) in [5.74, 6) is -0.901. The number of urea groups is 1. The lowest BCUT2D eigenvalue weighted by atomic mass is 10.2. The zero-order chi connectivity index (χ0) is 18.3. The number of hydrazine groups is 1. The van der Waals surface area contributed by atoms with Gasteiger partial charge in [-0.15, -0.1) is 0 Å². The Morgan fingerprint density at radius 2 is 1.92 bits per heavy atom. The first-order valence-electron chi connectivity index (χ1n) is 8.46. The van der Waals surface area contributed by atoms with Crippen molar-refractivity contribution in [2.75, 3.05) is 22.3 Å². The van der Waals surface area contributed by atoms with Crippen LogP contribution in [0.25, 0.3) is 0 Å². The highest BCUT2D eigenvalue weighted by atomic mass is 19.1. The van der Waals surface area contributed by atoms with Crippen LogP contribution in [0.4, 0.5) is 36.7 Å². The number of fused-ring (bicyclic) bond motifs is 1. The first kappa shape index (κ1) is 16.5. The van der Waals surface area contributed by atoms with Crippen LogP contribution in [0.1, 0.15) is 25.7 Å². The van der Waals surface area contributed by atoms with Gasteiger partial charge in [0, 0.05) is 7.05 Å². The summed E-state index contributed by atoms with van der Waals surface area (Å²) in [4.78, 5) is 22.1. The molecule has 0 radical (unpaired) electrons. The van der Waals surface area contributed by atoms with Crippen molar-refractivity contribution in [2.24, 2.45) is 0 Å². The normalized spacial score (nSPS) is 17.3. The Labute approximate surface area is 149 Å². The summed E-state index contributed by atoms with van der Waals surface area (Å²) in [6.07, 6.45) is 5.53. The number of halogens is 2. The minimum Gasteiger partial charge on any atom is -0.319 e. The molecule has 1 aliphatic heterocycles. The molecule has 1 fully saturated rings. The Bertz CT molecular complexity index is 835. The smallest absolute Gasteiger partial charge is 0.319 e. The van der Waals surface area contributed by atoms with Crippen LogP contribution in [0.15, 0.2) is 24.4 Å². The highest BCUT2D eigenvalue weighted by Gasteiger charge is 2.34. The number of benzene rings is 1. The quantitative estimate of drug-likeness (QED) is 0.878. The molecular formula is C17H18F2N6O. The average Bonchev–Trinajstić information content (AvgIpc) is 3.16. The maximum absolute atomic E-state index is 13.9. The van der Waals surface area contributed by atoms with Gasteiger partial charge in [0.25, 0.3) is 0 Å². The SMILES string of the molecule is CN1C(=O)NN(C2CCCC2)c2nc(Nc3c(F)cccc3F)ncc21. The second kappa shape index (κ2) is 6.40. The monoisotopic (exact) mass is 360 g/mol. The van der Waals surface area contributed by atoms with Crippen LogP contribution in [0.3, 0.4) is 0 Å². The summed E-state index contributed by atoms with van der Waals surface area (Å²) >= 11 is 0. The Morgan fingerprint density at radius 3 is 2.62 bits per heavy atom. The predicted molar refractivity (Wildman–Crippen MR) is 93.3 cm³/mol. The molecule has 1 aromatic heterocycles. The van der Waals surface area contributed by atoms with Gasteiger partial charge in [-0.3, -0.25) is 9.91 Å². The summed E-state index contributed by atoms with van der Waals surface area (Å²) in [7, 11) is 1.62. The maximum Gasteiger partial charge on any atom is 0.340 e. The van der Waals surface area contributed by atoms with Crippen molar-refractivity contribution in [1.82, 2.24) is 15.4 Å². The molecule has 0 saturated heterocycles. The van der Waals surface area contributed by atoms with E-state index in [-0.39, 0.29) is 23.7 Å².